The number of carbonyl (C=O) groups is 2. The second-order valence-corrected chi connectivity index (χ2v) is 8.17. The van der Waals surface area contributed by atoms with Crippen molar-refractivity contribution >= 4 is 11.8 Å². The molecular formula is C17H22O3. The molecule has 0 aliphatic heterocycles. The Bertz CT molecular complexity index is 561. The van der Waals surface area contributed by atoms with E-state index in [1.54, 1.807) is 0 Å². The lowest BCUT2D eigenvalue weighted by Gasteiger charge is -2.38. The summed E-state index contributed by atoms with van der Waals surface area (Å²) in [5.41, 5.74) is 0.664. The van der Waals surface area contributed by atoms with Crippen LogP contribution in [0, 0.1) is 40.4 Å². The molecule has 20 heavy (non-hydrogen) atoms. The Hall–Kier alpha value is -1.12. The maximum atomic E-state index is 12.3. The zero-order chi connectivity index (χ0) is 14.6. The van der Waals surface area contributed by atoms with Crippen LogP contribution in [-0.2, 0) is 14.3 Å². The van der Waals surface area contributed by atoms with Gasteiger partial charge in [0.05, 0.1) is 0 Å². The average molecular weight is 274 g/mol. The molecule has 1 unspecified atom stereocenters. The van der Waals surface area contributed by atoms with E-state index in [4.69, 9.17) is 4.74 Å². The lowest BCUT2D eigenvalue weighted by molar-refractivity contribution is -0.156. The first-order valence-electron chi connectivity index (χ1n) is 7.62. The molecule has 0 aromatic carbocycles. The van der Waals surface area contributed by atoms with Gasteiger partial charge in [0, 0.05) is 29.6 Å². The summed E-state index contributed by atoms with van der Waals surface area (Å²) in [5, 5.41) is 0. The molecule has 0 aromatic heterocycles. The summed E-state index contributed by atoms with van der Waals surface area (Å²) >= 11 is 0. The van der Waals surface area contributed by atoms with E-state index in [-0.39, 0.29) is 40.5 Å². The van der Waals surface area contributed by atoms with Crippen molar-refractivity contribution in [1.82, 2.24) is 0 Å². The summed E-state index contributed by atoms with van der Waals surface area (Å²) in [4.78, 5) is 23.8. The quantitative estimate of drug-likeness (QED) is 0.545. The molecule has 3 heteroatoms. The summed E-state index contributed by atoms with van der Waals surface area (Å²) in [6.45, 7) is 12.2. The van der Waals surface area contributed by atoms with Crippen LogP contribution in [0.5, 0.6) is 0 Å². The largest absolute Gasteiger partial charge is 0.462 e. The van der Waals surface area contributed by atoms with Crippen molar-refractivity contribution in [3.05, 3.63) is 12.2 Å². The highest BCUT2D eigenvalue weighted by Crippen LogP contribution is 2.82. The van der Waals surface area contributed by atoms with Gasteiger partial charge in [-0.1, -0.05) is 27.4 Å². The standard InChI is InChI=1S/C17H22O3/c1-7-14(19)11-10-9-6-16(3,4)15(20-8(2)18)12(9)17(7,5)13(10)11/h9-13,15H,1,6H2,2-5H3/t9?,10-,11+,12+,13-,15-,17+/m1/s1. The lowest BCUT2D eigenvalue weighted by Crippen LogP contribution is -2.41. The summed E-state index contributed by atoms with van der Waals surface area (Å²) < 4.78 is 5.72. The molecule has 0 spiro atoms. The predicted octanol–water partition coefficient (Wildman–Crippen LogP) is 2.60. The highest BCUT2D eigenvalue weighted by Gasteiger charge is 2.83. The minimum atomic E-state index is -0.209. The van der Waals surface area contributed by atoms with Crippen molar-refractivity contribution in [3.8, 4) is 0 Å². The van der Waals surface area contributed by atoms with Gasteiger partial charge in [-0.3, -0.25) is 9.59 Å². The Balaban J connectivity index is 1.79. The first-order chi connectivity index (χ1) is 9.21. The zero-order valence-electron chi connectivity index (χ0n) is 12.6. The lowest BCUT2D eigenvalue weighted by atomic mass is 9.69. The summed E-state index contributed by atoms with van der Waals surface area (Å²) in [7, 11) is 0. The molecule has 108 valence electrons. The van der Waals surface area contributed by atoms with Crippen LogP contribution in [0.25, 0.3) is 0 Å². The van der Waals surface area contributed by atoms with Crippen molar-refractivity contribution in [1.29, 1.82) is 0 Å². The molecule has 4 fully saturated rings. The highest BCUT2D eigenvalue weighted by molar-refractivity contribution is 6.04. The molecule has 4 rings (SSSR count). The van der Waals surface area contributed by atoms with Crippen molar-refractivity contribution in [2.45, 2.75) is 40.2 Å². The van der Waals surface area contributed by atoms with Crippen LogP contribution < -0.4 is 0 Å². The third-order valence-electron chi connectivity index (χ3n) is 6.82. The minimum absolute atomic E-state index is 0.00103. The molecule has 0 radical (unpaired) electrons. The number of hydrogen-bond donors (Lipinski definition) is 0. The minimum Gasteiger partial charge on any atom is -0.462 e. The first-order valence-corrected chi connectivity index (χ1v) is 7.62. The number of hydrogen-bond acceptors (Lipinski definition) is 3. The van der Waals surface area contributed by atoms with E-state index in [0.717, 1.165) is 12.0 Å². The molecule has 4 aliphatic rings. The van der Waals surface area contributed by atoms with Crippen LogP contribution >= 0.6 is 0 Å². The van der Waals surface area contributed by atoms with Gasteiger partial charge in [0.2, 0.25) is 0 Å². The number of fused-ring (bicyclic) bond motifs is 4. The third-order valence-corrected chi connectivity index (χ3v) is 6.82. The van der Waals surface area contributed by atoms with Gasteiger partial charge in [-0.2, -0.15) is 0 Å². The molecule has 0 N–H and O–H groups in total. The van der Waals surface area contributed by atoms with Crippen molar-refractivity contribution < 1.29 is 14.3 Å². The maximum absolute atomic E-state index is 12.3. The molecule has 4 saturated carbocycles. The van der Waals surface area contributed by atoms with Gasteiger partial charge >= 0.3 is 5.97 Å². The Morgan fingerprint density at radius 3 is 2.55 bits per heavy atom. The molecule has 7 atom stereocenters. The number of ether oxygens (including phenoxy) is 1. The van der Waals surface area contributed by atoms with Crippen molar-refractivity contribution in [2.75, 3.05) is 0 Å². The number of allylic oxidation sites excluding steroid dienone is 1. The van der Waals surface area contributed by atoms with Crippen LogP contribution in [0.1, 0.15) is 34.1 Å². The van der Waals surface area contributed by atoms with Crippen LogP contribution in [-0.4, -0.2) is 17.9 Å². The topological polar surface area (TPSA) is 43.4 Å². The van der Waals surface area contributed by atoms with Gasteiger partial charge in [-0.15, -0.1) is 0 Å². The smallest absolute Gasteiger partial charge is 0.302 e. The first kappa shape index (κ1) is 12.6. The monoisotopic (exact) mass is 274 g/mol. The third kappa shape index (κ3) is 1.11. The second kappa shape index (κ2) is 3.20. The van der Waals surface area contributed by atoms with Crippen LogP contribution in [0.3, 0.4) is 0 Å². The van der Waals surface area contributed by atoms with Crippen molar-refractivity contribution in [2.24, 2.45) is 40.4 Å². The van der Waals surface area contributed by atoms with Crippen LogP contribution in [0.15, 0.2) is 12.2 Å². The Kier molecular flexibility index (Phi) is 2.02. The van der Waals surface area contributed by atoms with Crippen molar-refractivity contribution in [3.63, 3.8) is 0 Å². The fourth-order valence-corrected chi connectivity index (χ4v) is 6.18. The van der Waals surface area contributed by atoms with E-state index in [2.05, 4.69) is 27.4 Å². The highest BCUT2D eigenvalue weighted by atomic mass is 16.5. The van der Waals surface area contributed by atoms with Crippen LogP contribution in [0.4, 0.5) is 0 Å². The molecule has 0 heterocycles. The van der Waals surface area contributed by atoms with E-state index < -0.39 is 0 Å². The zero-order valence-corrected chi connectivity index (χ0v) is 12.6. The summed E-state index contributed by atoms with van der Waals surface area (Å²) in [6, 6.07) is 0. The van der Waals surface area contributed by atoms with Gasteiger partial charge in [0.15, 0.2) is 5.78 Å². The molecule has 0 bridgehead atoms. The summed E-state index contributed by atoms with van der Waals surface area (Å²) in [5.74, 6) is 2.13. The maximum Gasteiger partial charge on any atom is 0.302 e. The Morgan fingerprint density at radius 1 is 1.30 bits per heavy atom. The second-order valence-electron chi connectivity index (χ2n) is 8.17. The fourth-order valence-electron chi connectivity index (χ4n) is 6.18. The van der Waals surface area contributed by atoms with E-state index >= 15 is 0 Å². The van der Waals surface area contributed by atoms with Crippen LogP contribution in [0.2, 0.25) is 0 Å². The molecule has 4 aliphatic carbocycles. The van der Waals surface area contributed by atoms with Gasteiger partial charge in [-0.25, -0.2) is 0 Å². The van der Waals surface area contributed by atoms with E-state index in [1.165, 1.54) is 6.92 Å². The number of carbonyl (C=O) groups excluding carboxylic acids is 2. The molecule has 3 nitrogen and oxygen atoms in total. The average Bonchev–Trinajstić information content (AvgIpc) is 2.91. The number of rotatable bonds is 1. The van der Waals surface area contributed by atoms with Gasteiger partial charge in [0.1, 0.15) is 6.10 Å². The molecule has 0 amide bonds. The van der Waals surface area contributed by atoms with Gasteiger partial charge in [-0.05, 0) is 29.7 Å². The normalized spacial score (nSPS) is 53.8. The number of Topliss-reactive ketones (excluding diaryl/α,β-unsaturated/α-hetero) is 1. The summed E-state index contributed by atoms with van der Waals surface area (Å²) in [6.07, 6.45) is 0.981. The molecule has 0 saturated heterocycles. The van der Waals surface area contributed by atoms with Gasteiger partial charge < -0.3 is 4.74 Å². The SMILES string of the molecule is C=C1C(=O)[C@H]2[C@H]3C4CC(C)(C)[C@H](OC(C)=O)[C@H]4[C@@]1(C)[C@@H]23. The fraction of sp³-hybridized carbons (Fsp3) is 0.765. The predicted molar refractivity (Wildman–Crippen MR) is 73.7 cm³/mol. The van der Waals surface area contributed by atoms with Gasteiger partial charge in [0.25, 0.3) is 0 Å². The number of ketones is 1. The Labute approximate surface area is 119 Å². The Morgan fingerprint density at radius 2 is 1.95 bits per heavy atom. The molecule has 0 aromatic rings. The van der Waals surface area contributed by atoms with E-state index in [0.29, 0.717) is 17.8 Å². The van der Waals surface area contributed by atoms with E-state index in [9.17, 15) is 9.59 Å². The molecular weight excluding hydrogens is 252 g/mol. The number of esters is 1. The van der Waals surface area contributed by atoms with E-state index in [1.807, 2.05) is 0 Å².